The van der Waals surface area contributed by atoms with Gasteiger partial charge in [-0.2, -0.15) is 0 Å². The molecule has 0 aliphatic carbocycles. The maximum Gasteiger partial charge on any atom is 0.317 e. The number of likely N-dealkylation sites (tertiary alicyclic amines) is 1. The van der Waals surface area contributed by atoms with E-state index in [1.807, 2.05) is 36.2 Å². The molecule has 1 aliphatic rings. The molecule has 1 fully saturated rings. The topological polar surface area (TPSA) is 43.8 Å². The van der Waals surface area contributed by atoms with E-state index >= 15 is 0 Å². The minimum atomic E-state index is -0.751. The van der Waals surface area contributed by atoms with Crippen LogP contribution in [0.3, 0.4) is 0 Å². The van der Waals surface area contributed by atoms with Crippen molar-refractivity contribution in [2.45, 2.75) is 31.8 Å². The molecule has 1 atom stereocenters. The number of carbonyl (C=O) groups is 1. The van der Waals surface area contributed by atoms with Gasteiger partial charge < -0.3 is 5.11 Å². The smallest absolute Gasteiger partial charge is 0.317 e. The molecule has 3 rings (SSSR count). The van der Waals surface area contributed by atoms with Crippen LogP contribution < -0.4 is 0 Å². The lowest BCUT2D eigenvalue weighted by molar-refractivity contribution is -0.138. The van der Waals surface area contributed by atoms with E-state index in [1.165, 1.54) is 16.7 Å². The largest absolute Gasteiger partial charge is 0.480 e. The lowest BCUT2D eigenvalue weighted by atomic mass is 10.0. The van der Waals surface area contributed by atoms with Crippen molar-refractivity contribution in [1.82, 2.24) is 9.80 Å². The summed E-state index contributed by atoms with van der Waals surface area (Å²) in [4.78, 5) is 15.4. The third-order valence-electron chi connectivity index (χ3n) is 5.34. The molecule has 144 valence electrons. The predicted molar refractivity (Wildman–Crippen MR) is 110 cm³/mol. The molecule has 0 spiro atoms. The molecular weight excluding hydrogens is 360 g/mol. The van der Waals surface area contributed by atoms with Crippen LogP contribution in [0.5, 0.6) is 0 Å². The number of carboxylic acid groups (broad SMARTS) is 1. The Morgan fingerprint density at radius 2 is 1.70 bits per heavy atom. The van der Waals surface area contributed by atoms with E-state index in [0.29, 0.717) is 6.04 Å². The highest BCUT2D eigenvalue weighted by Crippen LogP contribution is 2.23. The Labute approximate surface area is 166 Å². The number of hydrogen-bond donors (Lipinski definition) is 1. The fourth-order valence-electron chi connectivity index (χ4n) is 3.78. The maximum absolute atomic E-state index is 10.9. The molecule has 1 saturated heterocycles. The second-order valence-electron chi connectivity index (χ2n) is 7.37. The van der Waals surface area contributed by atoms with Gasteiger partial charge in [0.05, 0.1) is 6.54 Å². The van der Waals surface area contributed by atoms with Crippen molar-refractivity contribution in [3.05, 3.63) is 59.1 Å². The molecule has 0 saturated carbocycles. The average Bonchev–Trinajstić information content (AvgIpc) is 2.88. The van der Waals surface area contributed by atoms with E-state index in [-0.39, 0.29) is 6.54 Å². The monoisotopic (exact) mass is 386 g/mol. The summed E-state index contributed by atoms with van der Waals surface area (Å²) in [6, 6.07) is 17.0. The van der Waals surface area contributed by atoms with Crippen LogP contribution in [0.15, 0.2) is 48.5 Å². The van der Waals surface area contributed by atoms with Gasteiger partial charge in [-0.25, -0.2) is 0 Å². The standard InChI is InChI=1S/C22H27ClN2O2/c1-24(16-22(26)27)21-3-2-13-25(14-12-21)15-17-4-6-18(7-5-17)19-8-10-20(23)11-9-19/h4-11,21H,2-3,12-16H2,1H3,(H,26,27). The number of hydrogen-bond acceptors (Lipinski definition) is 3. The average molecular weight is 387 g/mol. The van der Waals surface area contributed by atoms with Gasteiger partial charge in [-0.3, -0.25) is 14.6 Å². The van der Waals surface area contributed by atoms with E-state index in [1.54, 1.807) is 0 Å². The third kappa shape index (κ3) is 5.80. The van der Waals surface area contributed by atoms with Crippen LogP contribution in [0.4, 0.5) is 0 Å². The summed E-state index contributed by atoms with van der Waals surface area (Å²) < 4.78 is 0. The summed E-state index contributed by atoms with van der Waals surface area (Å²) in [7, 11) is 1.92. The van der Waals surface area contributed by atoms with Gasteiger partial charge >= 0.3 is 5.97 Å². The van der Waals surface area contributed by atoms with E-state index in [4.69, 9.17) is 16.7 Å². The Bertz CT molecular complexity index is 746. The number of aliphatic carboxylic acids is 1. The number of nitrogens with zero attached hydrogens (tertiary/aromatic N) is 2. The Morgan fingerprint density at radius 3 is 2.33 bits per heavy atom. The van der Waals surface area contributed by atoms with E-state index in [0.717, 1.165) is 43.9 Å². The first-order valence-corrected chi connectivity index (χ1v) is 9.88. The molecule has 27 heavy (non-hydrogen) atoms. The van der Waals surface area contributed by atoms with Gasteiger partial charge in [0.15, 0.2) is 0 Å². The number of carboxylic acids is 1. The maximum atomic E-state index is 10.9. The zero-order valence-corrected chi connectivity index (χ0v) is 16.5. The molecule has 0 bridgehead atoms. The first kappa shape index (κ1) is 19.9. The number of halogens is 1. The molecular formula is C22H27ClN2O2. The van der Waals surface area contributed by atoms with Crippen molar-refractivity contribution < 1.29 is 9.90 Å². The Kier molecular flexibility index (Phi) is 6.89. The summed E-state index contributed by atoms with van der Waals surface area (Å²) in [6.07, 6.45) is 3.19. The molecule has 4 nitrogen and oxygen atoms in total. The zero-order chi connectivity index (χ0) is 19.2. The van der Waals surface area contributed by atoms with Crippen LogP contribution in [0.1, 0.15) is 24.8 Å². The zero-order valence-electron chi connectivity index (χ0n) is 15.8. The van der Waals surface area contributed by atoms with Gasteiger partial charge in [0.2, 0.25) is 0 Å². The van der Waals surface area contributed by atoms with Gasteiger partial charge in [0.25, 0.3) is 0 Å². The molecule has 0 amide bonds. The Balaban J connectivity index is 1.56. The van der Waals surface area contributed by atoms with Crippen molar-refractivity contribution in [2.75, 3.05) is 26.7 Å². The van der Waals surface area contributed by atoms with Gasteiger partial charge in [-0.05, 0) is 68.2 Å². The van der Waals surface area contributed by atoms with Crippen molar-refractivity contribution in [1.29, 1.82) is 0 Å². The Morgan fingerprint density at radius 1 is 1.07 bits per heavy atom. The number of benzene rings is 2. The highest BCUT2D eigenvalue weighted by molar-refractivity contribution is 6.30. The second-order valence-corrected chi connectivity index (χ2v) is 7.81. The summed E-state index contributed by atoms with van der Waals surface area (Å²) in [5.41, 5.74) is 3.68. The second kappa shape index (κ2) is 9.36. The number of likely N-dealkylation sites (N-methyl/N-ethyl adjacent to an activating group) is 1. The lowest BCUT2D eigenvalue weighted by Gasteiger charge is -2.25. The third-order valence-corrected chi connectivity index (χ3v) is 5.59. The SMILES string of the molecule is CN(CC(=O)O)C1CCCN(Cc2ccc(-c3ccc(Cl)cc3)cc2)CC1. The molecule has 1 N–H and O–H groups in total. The highest BCUT2D eigenvalue weighted by atomic mass is 35.5. The van der Waals surface area contributed by atoms with Crippen molar-refractivity contribution in [2.24, 2.45) is 0 Å². The summed E-state index contributed by atoms with van der Waals surface area (Å²) in [6.45, 7) is 3.14. The lowest BCUT2D eigenvalue weighted by Crippen LogP contribution is -2.36. The van der Waals surface area contributed by atoms with Crippen LogP contribution in [0, 0.1) is 0 Å². The van der Waals surface area contributed by atoms with Gasteiger partial charge in [0.1, 0.15) is 0 Å². The van der Waals surface area contributed by atoms with Crippen LogP contribution in [0.25, 0.3) is 11.1 Å². The minimum absolute atomic E-state index is 0.122. The molecule has 1 aliphatic heterocycles. The molecule has 0 aromatic heterocycles. The number of rotatable bonds is 6. The molecule has 2 aromatic rings. The van der Waals surface area contributed by atoms with Crippen LogP contribution in [-0.4, -0.2) is 53.6 Å². The Hall–Kier alpha value is -1.88. The summed E-state index contributed by atoms with van der Waals surface area (Å²) in [5.74, 6) is -0.751. The molecule has 1 unspecified atom stereocenters. The van der Waals surface area contributed by atoms with Crippen molar-refractivity contribution >= 4 is 17.6 Å². The fraction of sp³-hybridized carbons (Fsp3) is 0.409. The predicted octanol–water partition coefficient (Wildman–Crippen LogP) is 4.38. The van der Waals surface area contributed by atoms with Crippen LogP contribution in [-0.2, 0) is 11.3 Å². The van der Waals surface area contributed by atoms with Crippen LogP contribution >= 0.6 is 11.6 Å². The van der Waals surface area contributed by atoms with Gasteiger partial charge in [-0.1, -0.05) is 48.0 Å². The summed E-state index contributed by atoms with van der Waals surface area (Å²) >= 11 is 5.96. The molecule has 1 heterocycles. The fourth-order valence-corrected chi connectivity index (χ4v) is 3.91. The van der Waals surface area contributed by atoms with Gasteiger partial charge in [0, 0.05) is 17.6 Å². The highest BCUT2D eigenvalue weighted by Gasteiger charge is 2.21. The van der Waals surface area contributed by atoms with Crippen molar-refractivity contribution in [3.8, 4) is 11.1 Å². The first-order chi connectivity index (χ1) is 13.0. The normalized spacial score (nSPS) is 18.4. The van der Waals surface area contributed by atoms with E-state index in [2.05, 4.69) is 29.2 Å². The first-order valence-electron chi connectivity index (χ1n) is 9.50. The van der Waals surface area contributed by atoms with Crippen LogP contribution in [0.2, 0.25) is 5.02 Å². The van der Waals surface area contributed by atoms with E-state index in [9.17, 15) is 4.79 Å². The molecule has 5 heteroatoms. The molecule has 0 radical (unpaired) electrons. The minimum Gasteiger partial charge on any atom is -0.480 e. The molecule has 2 aromatic carbocycles. The quantitative estimate of drug-likeness (QED) is 0.800. The van der Waals surface area contributed by atoms with Crippen molar-refractivity contribution in [3.63, 3.8) is 0 Å². The van der Waals surface area contributed by atoms with E-state index < -0.39 is 5.97 Å². The van der Waals surface area contributed by atoms with Gasteiger partial charge in [-0.15, -0.1) is 0 Å². The summed E-state index contributed by atoms with van der Waals surface area (Å²) in [5, 5.41) is 9.74.